The smallest absolute Gasteiger partial charge is 0.312 e. The minimum absolute atomic E-state index is 0.130. The molecule has 0 aliphatic carbocycles. The van der Waals surface area contributed by atoms with Crippen LogP contribution in [0, 0.1) is 5.92 Å². The van der Waals surface area contributed by atoms with E-state index < -0.39 is 0 Å². The second-order valence-corrected chi connectivity index (χ2v) is 6.92. The van der Waals surface area contributed by atoms with Crippen LogP contribution in [0.25, 0.3) is 0 Å². The third kappa shape index (κ3) is 6.26. The second-order valence-electron chi connectivity index (χ2n) is 6.48. The van der Waals surface area contributed by atoms with Crippen LogP contribution in [-0.2, 0) is 16.1 Å². The van der Waals surface area contributed by atoms with Gasteiger partial charge in [0.2, 0.25) is 0 Å². The van der Waals surface area contributed by atoms with Gasteiger partial charge in [-0.3, -0.25) is 4.79 Å². The number of halogens is 1. The topological polar surface area (TPSA) is 44.8 Å². The molecule has 4 nitrogen and oxygen atoms in total. The Bertz CT molecular complexity index is 695. The van der Waals surface area contributed by atoms with Crippen molar-refractivity contribution in [1.82, 2.24) is 0 Å². The summed E-state index contributed by atoms with van der Waals surface area (Å²) in [6, 6.07) is 14.9. The number of rotatable bonds is 8. The lowest BCUT2D eigenvalue weighted by Gasteiger charge is -2.21. The molecule has 0 bridgehead atoms. The Morgan fingerprint density at radius 2 is 1.50 bits per heavy atom. The van der Waals surface area contributed by atoms with Crippen LogP contribution in [0.4, 0.5) is 0 Å². The van der Waals surface area contributed by atoms with Crippen LogP contribution in [0.15, 0.2) is 48.5 Å². The molecule has 0 spiro atoms. The first-order chi connectivity index (χ1) is 12.3. The lowest BCUT2D eigenvalue weighted by Crippen LogP contribution is -2.31. The lowest BCUT2D eigenvalue weighted by atomic mass is 10.1. The van der Waals surface area contributed by atoms with Gasteiger partial charge in [0.25, 0.3) is 0 Å². The monoisotopic (exact) mass is 376 g/mol. The SMILES string of the molecule is CC(C)OC(=O)C(C)C(C)Oc1ccc(OCc2ccc(Cl)cc2)cc1. The number of hydrogen-bond donors (Lipinski definition) is 0. The number of carbonyl (C=O) groups excluding carboxylic acids is 1. The van der Waals surface area contributed by atoms with Crippen molar-refractivity contribution in [2.45, 2.75) is 46.5 Å². The molecule has 5 heteroatoms. The Kier molecular flexibility index (Phi) is 7.34. The third-order valence-corrected chi connectivity index (χ3v) is 4.14. The van der Waals surface area contributed by atoms with E-state index in [1.54, 1.807) is 6.92 Å². The first-order valence-corrected chi connectivity index (χ1v) is 9.07. The number of benzene rings is 2. The zero-order valence-electron chi connectivity index (χ0n) is 15.6. The molecule has 2 atom stereocenters. The van der Waals surface area contributed by atoms with Crippen molar-refractivity contribution in [2.24, 2.45) is 5.92 Å². The van der Waals surface area contributed by atoms with Crippen molar-refractivity contribution >= 4 is 17.6 Å². The summed E-state index contributed by atoms with van der Waals surface area (Å²) in [6.45, 7) is 7.79. The van der Waals surface area contributed by atoms with Crippen molar-refractivity contribution in [1.29, 1.82) is 0 Å². The minimum Gasteiger partial charge on any atom is -0.490 e. The number of carbonyl (C=O) groups is 1. The molecule has 0 fully saturated rings. The Hall–Kier alpha value is -2.20. The van der Waals surface area contributed by atoms with E-state index in [2.05, 4.69) is 0 Å². The summed E-state index contributed by atoms with van der Waals surface area (Å²) in [5.41, 5.74) is 1.04. The van der Waals surface area contributed by atoms with E-state index >= 15 is 0 Å². The molecule has 0 N–H and O–H groups in total. The first-order valence-electron chi connectivity index (χ1n) is 8.69. The summed E-state index contributed by atoms with van der Waals surface area (Å²) in [4.78, 5) is 11.9. The molecular weight excluding hydrogens is 352 g/mol. The van der Waals surface area contributed by atoms with Gasteiger partial charge in [-0.05, 0) is 69.7 Å². The van der Waals surface area contributed by atoms with Crippen molar-refractivity contribution in [2.75, 3.05) is 0 Å². The van der Waals surface area contributed by atoms with Gasteiger partial charge >= 0.3 is 5.97 Å². The van der Waals surface area contributed by atoms with Gasteiger partial charge in [-0.25, -0.2) is 0 Å². The fraction of sp³-hybridized carbons (Fsp3) is 0.381. The molecule has 0 saturated heterocycles. The maximum atomic E-state index is 11.9. The van der Waals surface area contributed by atoms with E-state index in [9.17, 15) is 4.79 Å². The summed E-state index contributed by atoms with van der Waals surface area (Å²) in [5.74, 6) is 0.821. The molecule has 0 radical (unpaired) electrons. The Morgan fingerprint density at radius 3 is 2.08 bits per heavy atom. The quantitative estimate of drug-likeness (QED) is 0.588. The highest BCUT2D eigenvalue weighted by atomic mass is 35.5. The number of ether oxygens (including phenoxy) is 3. The van der Waals surface area contributed by atoms with E-state index in [0.29, 0.717) is 17.4 Å². The van der Waals surface area contributed by atoms with Gasteiger partial charge in [0.1, 0.15) is 24.2 Å². The van der Waals surface area contributed by atoms with Gasteiger partial charge < -0.3 is 14.2 Å². The summed E-state index contributed by atoms with van der Waals surface area (Å²) < 4.78 is 16.8. The fourth-order valence-electron chi connectivity index (χ4n) is 2.21. The maximum Gasteiger partial charge on any atom is 0.312 e. The number of esters is 1. The first kappa shape index (κ1) is 20.1. The molecule has 2 unspecified atom stereocenters. The maximum absolute atomic E-state index is 11.9. The molecule has 0 heterocycles. The van der Waals surface area contributed by atoms with Crippen LogP contribution in [0.5, 0.6) is 11.5 Å². The van der Waals surface area contributed by atoms with Gasteiger partial charge in [0.15, 0.2) is 0 Å². The highest BCUT2D eigenvalue weighted by Crippen LogP contribution is 2.22. The highest BCUT2D eigenvalue weighted by molar-refractivity contribution is 6.30. The molecule has 0 aromatic heterocycles. The van der Waals surface area contributed by atoms with E-state index in [-0.39, 0.29) is 24.1 Å². The fourth-order valence-corrected chi connectivity index (χ4v) is 2.34. The minimum atomic E-state index is -0.349. The normalized spacial score (nSPS) is 13.2. The molecule has 0 saturated carbocycles. The molecule has 0 aliphatic rings. The van der Waals surface area contributed by atoms with E-state index in [0.717, 1.165) is 11.3 Å². The highest BCUT2D eigenvalue weighted by Gasteiger charge is 2.24. The molecule has 2 aromatic rings. The van der Waals surface area contributed by atoms with Crippen LogP contribution in [0.2, 0.25) is 5.02 Å². The van der Waals surface area contributed by atoms with Crippen LogP contribution >= 0.6 is 11.6 Å². The largest absolute Gasteiger partial charge is 0.490 e. The van der Waals surface area contributed by atoms with Crippen LogP contribution in [0.3, 0.4) is 0 Å². The van der Waals surface area contributed by atoms with Gasteiger partial charge in [0.05, 0.1) is 12.0 Å². The average Bonchev–Trinajstić information content (AvgIpc) is 2.61. The zero-order chi connectivity index (χ0) is 19.1. The average molecular weight is 377 g/mol. The summed E-state index contributed by atoms with van der Waals surface area (Å²) in [6.07, 6.45) is -0.420. The molecule has 140 valence electrons. The molecule has 2 aromatic carbocycles. The van der Waals surface area contributed by atoms with Gasteiger partial charge in [-0.2, -0.15) is 0 Å². The lowest BCUT2D eigenvalue weighted by molar-refractivity contribution is -0.154. The van der Waals surface area contributed by atoms with E-state index in [1.807, 2.05) is 69.3 Å². The van der Waals surface area contributed by atoms with Crippen molar-refractivity contribution < 1.29 is 19.0 Å². The Labute approximate surface area is 160 Å². The molecule has 2 rings (SSSR count). The zero-order valence-corrected chi connectivity index (χ0v) is 16.3. The summed E-state index contributed by atoms with van der Waals surface area (Å²) >= 11 is 5.87. The van der Waals surface area contributed by atoms with Crippen molar-refractivity contribution in [3.05, 3.63) is 59.1 Å². The van der Waals surface area contributed by atoms with Crippen LogP contribution < -0.4 is 9.47 Å². The number of hydrogen-bond acceptors (Lipinski definition) is 4. The molecule has 0 aliphatic heterocycles. The van der Waals surface area contributed by atoms with E-state index in [4.69, 9.17) is 25.8 Å². The Balaban J connectivity index is 1.86. The second kappa shape index (κ2) is 9.48. The van der Waals surface area contributed by atoms with Gasteiger partial charge in [0, 0.05) is 5.02 Å². The summed E-state index contributed by atoms with van der Waals surface area (Å²) in [7, 11) is 0. The van der Waals surface area contributed by atoms with Gasteiger partial charge in [-0.1, -0.05) is 23.7 Å². The molecular formula is C21H25ClO4. The van der Waals surface area contributed by atoms with Crippen LogP contribution in [0.1, 0.15) is 33.3 Å². The molecule has 0 amide bonds. The predicted octanol–water partition coefficient (Wildman–Crippen LogP) is 5.27. The van der Waals surface area contributed by atoms with Crippen molar-refractivity contribution in [3.8, 4) is 11.5 Å². The predicted molar refractivity (Wildman–Crippen MR) is 103 cm³/mol. The van der Waals surface area contributed by atoms with Crippen molar-refractivity contribution in [3.63, 3.8) is 0 Å². The van der Waals surface area contributed by atoms with E-state index in [1.165, 1.54) is 0 Å². The molecule has 26 heavy (non-hydrogen) atoms. The summed E-state index contributed by atoms with van der Waals surface area (Å²) in [5, 5.41) is 0.705. The van der Waals surface area contributed by atoms with Gasteiger partial charge in [-0.15, -0.1) is 0 Å². The van der Waals surface area contributed by atoms with Crippen LogP contribution in [-0.4, -0.2) is 18.2 Å². The third-order valence-electron chi connectivity index (χ3n) is 3.89. The standard InChI is InChI=1S/C21H25ClO4/c1-14(2)25-21(23)15(3)16(4)26-20-11-9-19(10-12-20)24-13-17-5-7-18(22)8-6-17/h5-12,14-16H,13H2,1-4H3. The Morgan fingerprint density at radius 1 is 0.923 bits per heavy atom.